The summed E-state index contributed by atoms with van der Waals surface area (Å²) in [4.78, 5) is 7.49. The Bertz CT molecular complexity index is 1210. The molecule has 0 atom stereocenters. The second-order valence-corrected chi connectivity index (χ2v) is 7.32. The van der Waals surface area contributed by atoms with E-state index in [9.17, 15) is 5.26 Å². The quantitative estimate of drug-likeness (QED) is 0.279. The van der Waals surface area contributed by atoms with E-state index in [1.165, 1.54) is 0 Å². The van der Waals surface area contributed by atoms with Crippen molar-refractivity contribution in [2.24, 2.45) is 0 Å². The number of halogens is 1. The van der Waals surface area contributed by atoms with Crippen molar-refractivity contribution < 1.29 is 4.74 Å². The first-order chi connectivity index (χ1) is 14.7. The number of alkyl halides is 1. The number of H-pyrrole nitrogens is 1. The average Bonchev–Trinajstić information content (AvgIpc) is 3.26. The molecule has 0 fully saturated rings. The van der Waals surface area contributed by atoms with E-state index in [-0.39, 0.29) is 0 Å². The van der Waals surface area contributed by atoms with Gasteiger partial charge in [0.1, 0.15) is 11.8 Å². The normalized spacial score (nSPS) is 10.7. The van der Waals surface area contributed by atoms with E-state index in [4.69, 9.17) is 16.3 Å². The molecule has 2 N–H and O–H groups in total. The number of fused-ring (bicyclic) bond motifs is 1. The number of anilines is 2. The van der Waals surface area contributed by atoms with Gasteiger partial charge >= 0.3 is 0 Å². The van der Waals surface area contributed by atoms with Crippen LogP contribution in [0.5, 0.6) is 5.75 Å². The maximum Gasteiger partial charge on any atom is 0.119 e. The zero-order valence-electron chi connectivity index (χ0n) is 16.6. The zero-order chi connectivity index (χ0) is 20.9. The first-order valence-electron chi connectivity index (χ1n) is 9.72. The van der Waals surface area contributed by atoms with Gasteiger partial charge in [-0.3, -0.25) is 4.98 Å². The molecular formula is C24H21ClN4O. The van der Waals surface area contributed by atoms with Crippen LogP contribution in [0.4, 0.5) is 11.4 Å². The van der Waals surface area contributed by atoms with Crippen molar-refractivity contribution >= 4 is 33.9 Å². The molecule has 30 heavy (non-hydrogen) atoms. The molecule has 2 aromatic carbocycles. The number of aromatic nitrogens is 2. The van der Waals surface area contributed by atoms with Crippen molar-refractivity contribution in [1.29, 1.82) is 5.26 Å². The summed E-state index contributed by atoms with van der Waals surface area (Å²) < 4.78 is 5.69. The van der Waals surface area contributed by atoms with Gasteiger partial charge in [0.2, 0.25) is 0 Å². The number of benzene rings is 2. The molecule has 0 aliphatic heterocycles. The van der Waals surface area contributed by atoms with Gasteiger partial charge in [-0.15, -0.1) is 11.6 Å². The maximum atomic E-state index is 9.67. The van der Waals surface area contributed by atoms with Gasteiger partial charge in [-0.2, -0.15) is 5.26 Å². The van der Waals surface area contributed by atoms with Crippen molar-refractivity contribution in [3.05, 3.63) is 72.2 Å². The predicted octanol–water partition coefficient (Wildman–Crippen LogP) is 6.16. The molecule has 6 heteroatoms. The lowest BCUT2D eigenvalue weighted by molar-refractivity contribution is 0.318. The Balaban J connectivity index is 1.70. The highest BCUT2D eigenvalue weighted by molar-refractivity contribution is 6.17. The number of ether oxygens (including phenoxy) is 1. The molecule has 2 aromatic heterocycles. The number of hydrogen-bond acceptors (Lipinski definition) is 4. The SMILES string of the molecule is Cc1c(Nc2c(C#N)cncc2-c2ccc(OCCCCl)cc2)ccc2[nH]ccc12. The Morgan fingerprint density at radius 2 is 1.97 bits per heavy atom. The maximum absolute atomic E-state index is 9.67. The van der Waals surface area contributed by atoms with Crippen LogP contribution in [0.15, 0.2) is 61.1 Å². The van der Waals surface area contributed by atoms with Gasteiger partial charge in [0.15, 0.2) is 0 Å². The number of aryl methyl sites for hydroxylation is 1. The fraction of sp³-hybridized carbons (Fsp3) is 0.167. The molecule has 0 saturated carbocycles. The molecular weight excluding hydrogens is 396 g/mol. The van der Waals surface area contributed by atoms with Crippen LogP contribution in [0, 0.1) is 18.3 Å². The van der Waals surface area contributed by atoms with Gasteiger partial charge in [0.25, 0.3) is 0 Å². The highest BCUT2D eigenvalue weighted by Gasteiger charge is 2.14. The molecule has 0 spiro atoms. The highest BCUT2D eigenvalue weighted by atomic mass is 35.5. The summed E-state index contributed by atoms with van der Waals surface area (Å²) in [6.45, 7) is 2.65. The van der Waals surface area contributed by atoms with Gasteiger partial charge in [-0.05, 0) is 54.8 Å². The number of nitriles is 1. The third kappa shape index (κ3) is 3.96. The lowest BCUT2D eigenvalue weighted by Gasteiger charge is -2.16. The van der Waals surface area contributed by atoms with Crippen molar-refractivity contribution in [1.82, 2.24) is 9.97 Å². The second-order valence-electron chi connectivity index (χ2n) is 6.94. The van der Waals surface area contributed by atoms with E-state index in [1.54, 1.807) is 12.4 Å². The minimum Gasteiger partial charge on any atom is -0.494 e. The van der Waals surface area contributed by atoms with E-state index < -0.39 is 0 Å². The Morgan fingerprint density at radius 1 is 1.13 bits per heavy atom. The van der Waals surface area contributed by atoms with Crippen molar-refractivity contribution in [3.8, 4) is 22.9 Å². The predicted molar refractivity (Wildman–Crippen MR) is 122 cm³/mol. The van der Waals surface area contributed by atoms with Crippen LogP contribution in [0.2, 0.25) is 0 Å². The van der Waals surface area contributed by atoms with Crippen LogP contribution >= 0.6 is 11.6 Å². The van der Waals surface area contributed by atoms with Gasteiger partial charge < -0.3 is 15.0 Å². The number of aromatic amines is 1. The molecule has 4 rings (SSSR count). The van der Waals surface area contributed by atoms with Crippen LogP contribution in [0.1, 0.15) is 17.5 Å². The van der Waals surface area contributed by atoms with Crippen molar-refractivity contribution in [2.45, 2.75) is 13.3 Å². The van der Waals surface area contributed by atoms with E-state index >= 15 is 0 Å². The van der Waals surface area contributed by atoms with Gasteiger partial charge in [0.05, 0.1) is 17.9 Å². The second kappa shape index (κ2) is 8.89. The third-order valence-electron chi connectivity index (χ3n) is 5.04. The topological polar surface area (TPSA) is 73.7 Å². The summed E-state index contributed by atoms with van der Waals surface area (Å²) in [5.74, 6) is 1.37. The minimum atomic E-state index is 0.489. The smallest absolute Gasteiger partial charge is 0.119 e. The van der Waals surface area contributed by atoms with Gasteiger partial charge in [-0.25, -0.2) is 0 Å². The molecule has 0 bridgehead atoms. The molecule has 150 valence electrons. The Hall–Kier alpha value is -3.49. The summed E-state index contributed by atoms with van der Waals surface area (Å²) >= 11 is 5.70. The lowest BCUT2D eigenvalue weighted by Crippen LogP contribution is -2.00. The van der Waals surface area contributed by atoms with Crippen LogP contribution in [0.25, 0.3) is 22.0 Å². The Labute approximate surface area is 180 Å². The molecule has 0 radical (unpaired) electrons. The van der Waals surface area contributed by atoms with Gasteiger partial charge in [-0.1, -0.05) is 12.1 Å². The minimum absolute atomic E-state index is 0.489. The number of hydrogen-bond donors (Lipinski definition) is 2. The molecule has 0 amide bonds. The van der Waals surface area contributed by atoms with E-state index in [1.807, 2.05) is 42.6 Å². The third-order valence-corrected chi connectivity index (χ3v) is 5.31. The highest BCUT2D eigenvalue weighted by Crippen LogP contribution is 2.35. The van der Waals surface area contributed by atoms with Crippen LogP contribution < -0.4 is 10.1 Å². The summed E-state index contributed by atoms with van der Waals surface area (Å²) in [5.41, 5.74) is 6.18. The Kier molecular flexibility index (Phi) is 5.87. The van der Waals surface area contributed by atoms with E-state index in [0.717, 1.165) is 51.1 Å². The molecule has 0 unspecified atom stereocenters. The fourth-order valence-electron chi connectivity index (χ4n) is 3.43. The number of nitrogens with zero attached hydrogens (tertiary/aromatic N) is 2. The van der Waals surface area contributed by atoms with Crippen molar-refractivity contribution in [2.75, 3.05) is 17.8 Å². The first-order valence-corrected chi connectivity index (χ1v) is 10.3. The largest absolute Gasteiger partial charge is 0.494 e. The molecule has 5 nitrogen and oxygen atoms in total. The van der Waals surface area contributed by atoms with Crippen molar-refractivity contribution in [3.63, 3.8) is 0 Å². The monoisotopic (exact) mass is 416 g/mol. The summed E-state index contributed by atoms with van der Waals surface area (Å²) in [5, 5.41) is 14.3. The van der Waals surface area contributed by atoms with Gasteiger partial charge in [0, 0.05) is 46.6 Å². The average molecular weight is 417 g/mol. The number of rotatable bonds is 7. The number of nitrogens with one attached hydrogen (secondary N) is 2. The summed E-state index contributed by atoms with van der Waals surface area (Å²) in [6.07, 6.45) is 6.09. The standard InChI is InChI=1S/C24H21ClN4O/c1-16-20-9-11-28-23(20)8-7-22(16)29-24-18(13-26)14-27-15-21(24)17-3-5-19(6-4-17)30-12-2-10-25/h3-9,11,14-15,28H,2,10,12H2,1H3,(H,27,29). The van der Waals surface area contributed by atoms with E-state index in [2.05, 4.69) is 34.3 Å². The fourth-order valence-corrected chi connectivity index (χ4v) is 3.54. The molecule has 2 heterocycles. The molecule has 0 saturated heterocycles. The first kappa shape index (κ1) is 19.8. The molecule has 4 aromatic rings. The van der Waals surface area contributed by atoms with Crippen LogP contribution in [0.3, 0.4) is 0 Å². The summed E-state index contributed by atoms with van der Waals surface area (Å²) in [6, 6.07) is 16.1. The van der Waals surface area contributed by atoms with Crippen LogP contribution in [-0.4, -0.2) is 22.5 Å². The summed E-state index contributed by atoms with van der Waals surface area (Å²) in [7, 11) is 0. The number of pyridine rings is 1. The molecule has 0 aliphatic rings. The zero-order valence-corrected chi connectivity index (χ0v) is 17.3. The van der Waals surface area contributed by atoms with Crippen LogP contribution in [-0.2, 0) is 0 Å². The molecule has 0 aliphatic carbocycles. The van der Waals surface area contributed by atoms with E-state index in [0.29, 0.717) is 18.1 Å². The lowest BCUT2D eigenvalue weighted by atomic mass is 10.0. The Morgan fingerprint density at radius 3 is 2.73 bits per heavy atom.